The summed E-state index contributed by atoms with van der Waals surface area (Å²) in [6.07, 6.45) is 24.1. The lowest BCUT2D eigenvalue weighted by Gasteiger charge is -2.46. The normalized spacial score (nSPS) is 36.8. The summed E-state index contributed by atoms with van der Waals surface area (Å²) >= 11 is 0. The molecule has 4 rings (SSSR count). The van der Waals surface area contributed by atoms with Gasteiger partial charge in [-0.1, -0.05) is 54.5 Å². The van der Waals surface area contributed by atoms with Crippen LogP contribution >= 0.6 is 0 Å². The molecule has 0 aromatic rings. The lowest BCUT2D eigenvalue weighted by atomic mass is 9.58. The highest BCUT2D eigenvalue weighted by Crippen LogP contribution is 2.61. The maximum atomic E-state index is 9.98. The van der Waals surface area contributed by atoms with Gasteiger partial charge in [0.15, 0.2) is 0 Å². The summed E-state index contributed by atoms with van der Waals surface area (Å²) in [6.45, 7) is 2.72. The molecule has 24 heavy (non-hydrogen) atoms. The molecule has 0 saturated heterocycles. The number of hydrogen-bond donors (Lipinski definition) is 1. The predicted molar refractivity (Wildman–Crippen MR) is 101 cm³/mol. The molecule has 1 nitrogen and oxygen atoms in total. The lowest BCUT2D eigenvalue weighted by molar-refractivity contribution is 0.0689. The van der Waals surface area contributed by atoms with Crippen LogP contribution in [0.4, 0.5) is 0 Å². The summed E-state index contributed by atoms with van der Waals surface area (Å²) in [5.41, 5.74) is 3.69. The van der Waals surface area contributed by atoms with Gasteiger partial charge in [0, 0.05) is 6.61 Å². The molecule has 130 valence electrons. The number of fused-ring (bicyclic) bond motifs is 2. The van der Waals surface area contributed by atoms with E-state index in [0.717, 1.165) is 18.3 Å². The minimum absolute atomic E-state index is 0.270. The predicted octanol–water partition coefficient (Wildman–Crippen LogP) is 5.59. The standard InChI is InChI=1S/C23H32O/c1-2-23(15-16-24,21-13-11-17-7-3-5-9-19(17)21)22-14-12-18-8-4-6-10-20(18)22/h3-6,9-10,17-18,21-22,24H,2,7-8,11-16H2,1H3. The van der Waals surface area contributed by atoms with Crippen LogP contribution in [0.5, 0.6) is 0 Å². The molecule has 4 aliphatic rings. The molecule has 1 heteroatoms. The Morgan fingerprint density at radius 2 is 1.46 bits per heavy atom. The topological polar surface area (TPSA) is 20.2 Å². The van der Waals surface area contributed by atoms with Crippen molar-refractivity contribution in [2.45, 2.75) is 58.3 Å². The van der Waals surface area contributed by atoms with E-state index in [2.05, 4.69) is 43.4 Å². The molecule has 0 aromatic carbocycles. The Balaban J connectivity index is 1.73. The third-order valence-corrected chi connectivity index (χ3v) is 7.67. The van der Waals surface area contributed by atoms with Gasteiger partial charge in [-0.25, -0.2) is 0 Å². The van der Waals surface area contributed by atoms with Crippen molar-refractivity contribution in [3.63, 3.8) is 0 Å². The lowest BCUT2D eigenvalue weighted by Crippen LogP contribution is -2.39. The van der Waals surface area contributed by atoms with Crippen LogP contribution in [0.15, 0.2) is 47.6 Å². The molecule has 0 bridgehead atoms. The van der Waals surface area contributed by atoms with Crippen LogP contribution < -0.4 is 0 Å². The van der Waals surface area contributed by atoms with Gasteiger partial charge in [-0.05, 0) is 80.5 Å². The van der Waals surface area contributed by atoms with Gasteiger partial charge >= 0.3 is 0 Å². The second kappa shape index (κ2) is 6.67. The fraction of sp³-hybridized carbons (Fsp3) is 0.652. The van der Waals surface area contributed by atoms with E-state index in [-0.39, 0.29) is 5.41 Å². The smallest absolute Gasteiger partial charge is 0.0436 e. The summed E-state index contributed by atoms with van der Waals surface area (Å²) in [6, 6.07) is 0. The number of allylic oxidation sites excluding steroid dienone is 8. The van der Waals surface area contributed by atoms with Crippen LogP contribution in [-0.2, 0) is 0 Å². The molecule has 2 fully saturated rings. The van der Waals surface area contributed by atoms with Crippen molar-refractivity contribution in [3.8, 4) is 0 Å². The summed E-state index contributed by atoms with van der Waals surface area (Å²) in [7, 11) is 0. The Morgan fingerprint density at radius 3 is 1.92 bits per heavy atom. The van der Waals surface area contributed by atoms with Gasteiger partial charge in [0.2, 0.25) is 0 Å². The number of hydrogen-bond acceptors (Lipinski definition) is 1. The summed E-state index contributed by atoms with van der Waals surface area (Å²) in [5.74, 6) is 2.92. The molecular formula is C23H32O. The van der Waals surface area contributed by atoms with Crippen LogP contribution in [0.3, 0.4) is 0 Å². The zero-order chi connectivity index (χ0) is 16.6. The van der Waals surface area contributed by atoms with Gasteiger partial charge in [0.05, 0.1) is 0 Å². The van der Waals surface area contributed by atoms with Crippen molar-refractivity contribution in [1.82, 2.24) is 0 Å². The second-order valence-electron chi connectivity index (χ2n) is 8.38. The Kier molecular flexibility index (Phi) is 4.56. The second-order valence-corrected chi connectivity index (χ2v) is 8.38. The van der Waals surface area contributed by atoms with Gasteiger partial charge in [0.1, 0.15) is 0 Å². The molecule has 0 aliphatic heterocycles. The first kappa shape index (κ1) is 16.4. The van der Waals surface area contributed by atoms with Crippen LogP contribution in [0, 0.1) is 29.1 Å². The van der Waals surface area contributed by atoms with Gasteiger partial charge in [-0.3, -0.25) is 0 Å². The number of aliphatic hydroxyl groups is 1. The fourth-order valence-electron chi connectivity index (χ4n) is 6.54. The van der Waals surface area contributed by atoms with Gasteiger partial charge < -0.3 is 5.11 Å². The van der Waals surface area contributed by atoms with Crippen LogP contribution in [0.1, 0.15) is 58.3 Å². The Morgan fingerprint density at radius 1 is 0.917 bits per heavy atom. The monoisotopic (exact) mass is 324 g/mol. The zero-order valence-corrected chi connectivity index (χ0v) is 15.1. The first-order valence-electron chi connectivity index (χ1n) is 10.1. The van der Waals surface area contributed by atoms with Crippen molar-refractivity contribution in [2.24, 2.45) is 29.1 Å². The first-order chi connectivity index (χ1) is 11.8. The third-order valence-electron chi connectivity index (χ3n) is 7.67. The summed E-state index contributed by atoms with van der Waals surface area (Å²) in [5, 5.41) is 9.98. The van der Waals surface area contributed by atoms with E-state index in [1.165, 1.54) is 44.9 Å². The van der Waals surface area contributed by atoms with Crippen molar-refractivity contribution in [2.75, 3.05) is 6.61 Å². The first-order valence-corrected chi connectivity index (χ1v) is 10.1. The van der Waals surface area contributed by atoms with Crippen molar-refractivity contribution < 1.29 is 5.11 Å². The molecular weight excluding hydrogens is 292 g/mol. The average Bonchev–Trinajstić information content (AvgIpc) is 3.25. The minimum Gasteiger partial charge on any atom is -0.396 e. The van der Waals surface area contributed by atoms with Crippen LogP contribution in [0.25, 0.3) is 0 Å². The SMILES string of the molecule is CCC(CCO)(C1CCC2CC=CC=C21)C1CCC2CC=CC=C21. The quantitative estimate of drug-likeness (QED) is 0.699. The summed E-state index contributed by atoms with van der Waals surface area (Å²) in [4.78, 5) is 0. The van der Waals surface area contributed by atoms with E-state index >= 15 is 0 Å². The van der Waals surface area contributed by atoms with E-state index < -0.39 is 0 Å². The molecule has 0 spiro atoms. The third kappa shape index (κ3) is 2.47. The maximum absolute atomic E-state index is 9.98. The van der Waals surface area contributed by atoms with Gasteiger partial charge in [0.25, 0.3) is 0 Å². The highest BCUT2D eigenvalue weighted by molar-refractivity contribution is 5.33. The van der Waals surface area contributed by atoms with Gasteiger partial charge in [-0.2, -0.15) is 0 Å². The van der Waals surface area contributed by atoms with E-state index in [0.29, 0.717) is 18.4 Å². The molecule has 4 atom stereocenters. The molecule has 0 aromatic heterocycles. The Labute approximate surface area is 147 Å². The molecule has 0 heterocycles. The van der Waals surface area contributed by atoms with E-state index in [1.54, 1.807) is 11.1 Å². The van der Waals surface area contributed by atoms with Crippen molar-refractivity contribution in [1.29, 1.82) is 0 Å². The minimum atomic E-state index is 0.270. The van der Waals surface area contributed by atoms with E-state index in [1.807, 2.05) is 0 Å². The summed E-state index contributed by atoms with van der Waals surface area (Å²) < 4.78 is 0. The molecule has 0 radical (unpaired) electrons. The van der Waals surface area contributed by atoms with Crippen LogP contribution in [0.2, 0.25) is 0 Å². The number of rotatable bonds is 5. The molecule has 0 amide bonds. The fourth-order valence-corrected chi connectivity index (χ4v) is 6.54. The Bertz CT molecular complexity index is 545. The van der Waals surface area contributed by atoms with E-state index in [9.17, 15) is 5.11 Å². The van der Waals surface area contributed by atoms with Gasteiger partial charge in [-0.15, -0.1) is 0 Å². The van der Waals surface area contributed by atoms with E-state index in [4.69, 9.17) is 0 Å². The zero-order valence-electron chi connectivity index (χ0n) is 15.1. The highest BCUT2D eigenvalue weighted by Gasteiger charge is 2.51. The number of aliphatic hydroxyl groups excluding tert-OH is 1. The molecule has 4 aliphatic carbocycles. The molecule has 4 unspecified atom stereocenters. The molecule has 2 saturated carbocycles. The van der Waals surface area contributed by atoms with Crippen LogP contribution in [-0.4, -0.2) is 11.7 Å². The maximum Gasteiger partial charge on any atom is 0.0436 e. The van der Waals surface area contributed by atoms with Crippen molar-refractivity contribution >= 4 is 0 Å². The largest absolute Gasteiger partial charge is 0.396 e. The molecule has 1 N–H and O–H groups in total. The highest BCUT2D eigenvalue weighted by atomic mass is 16.3. The van der Waals surface area contributed by atoms with Crippen molar-refractivity contribution in [3.05, 3.63) is 47.6 Å². The Hall–Kier alpha value is -1.08. The average molecular weight is 325 g/mol.